The molecule has 0 spiro atoms. The molecule has 0 amide bonds. The smallest absolute Gasteiger partial charge is 0.399 e. The molecule has 2 aromatic rings. The zero-order valence-electron chi connectivity index (χ0n) is 10.4. The van der Waals surface area contributed by atoms with Gasteiger partial charge >= 0.3 is 6.18 Å². The van der Waals surface area contributed by atoms with E-state index in [0.29, 0.717) is 16.8 Å². The minimum absolute atomic E-state index is 0.0432. The largest absolute Gasteiger partial charge is 0.416 e. The summed E-state index contributed by atoms with van der Waals surface area (Å²) in [6.07, 6.45) is -4.32. The maximum absolute atomic E-state index is 12.4. The molecule has 0 saturated carbocycles. The highest BCUT2D eigenvalue weighted by Gasteiger charge is 2.29. The summed E-state index contributed by atoms with van der Waals surface area (Å²) in [4.78, 5) is 12.0. The highest BCUT2D eigenvalue weighted by Crippen LogP contribution is 2.29. The average molecular weight is 279 g/mol. The molecular formula is C15H12F3NO. The maximum atomic E-state index is 12.4. The van der Waals surface area contributed by atoms with E-state index in [9.17, 15) is 18.0 Å². The van der Waals surface area contributed by atoms with Gasteiger partial charge in [0.1, 0.15) is 0 Å². The number of nitrogens with two attached hydrogens (primary N) is 1. The van der Waals surface area contributed by atoms with Crippen LogP contribution in [0.4, 0.5) is 18.9 Å². The Morgan fingerprint density at radius 3 is 2.25 bits per heavy atom. The standard InChI is InChI=1S/C15H12F3NO/c16-15(17,18)12-6-4-10(5-7-12)8-14(20)11-2-1-3-13(19)9-11/h1-7,9H,8,19H2. The lowest BCUT2D eigenvalue weighted by atomic mass is 10.0. The van der Waals surface area contributed by atoms with Crippen molar-refractivity contribution in [2.24, 2.45) is 0 Å². The summed E-state index contributed by atoms with van der Waals surface area (Å²) in [5.74, 6) is -0.183. The number of hydrogen-bond donors (Lipinski definition) is 1. The third kappa shape index (κ3) is 3.38. The molecule has 0 heterocycles. The summed E-state index contributed by atoms with van der Waals surface area (Å²) in [6, 6.07) is 11.1. The fourth-order valence-corrected chi connectivity index (χ4v) is 1.81. The van der Waals surface area contributed by atoms with Crippen LogP contribution >= 0.6 is 0 Å². The monoisotopic (exact) mass is 279 g/mol. The molecule has 104 valence electrons. The average Bonchev–Trinajstić information content (AvgIpc) is 2.38. The molecule has 0 aliphatic rings. The Bertz CT molecular complexity index is 618. The Hall–Kier alpha value is -2.30. The van der Waals surface area contributed by atoms with E-state index in [4.69, 9.17) is 5.73 Å². The van der Waals surface area contributed by atoms with Crippen molar-refractivity contribution >= 4 is 11.5 Å². The van der Waals surface area contributed by atoms with Crippen LogP contribution in [-0.2, 0) is 12.6 Å². The molecule has 0 radical (unpaired) electrons. The second kappa shape index (κ2) is 5.36. The van der Waals surface area contributed by atoms with Gasteiger partial charge in [-0.3, -0.25) is 4.79 Å². The first kappa shape index (κ1) is 14.1. The lowest BCUT2D eigenvalue weighted by Crippen LogP contribution is -2.07. The highest BCUT2D eigenvalue weighted by atomic mass is 19.4. The molecule has 2 nitrogen and oxygen atoms in total. The molecule has 0 aliphatic heterocycles. The van der Waals surface area contributed by atoms with Crippen LogP contribution in [0.15, 0.2) is 48.5 Å². The minimum Gasteiger partial charge on any atom is -0.399 e. The van der Waals surface area contributed by atoms with Crippen molar-refractivity contribution in [3.05, 3.63) is 65.2 Å². The summed E-state index contributed by atoms with van der Waals surface area (Å²) < 4.78 is 37.2. The molecule has 0 bridgehead atoms. The van der Waals surface area contributed by atoms with Crippen LogP contribution in [0.5, 0.6) is 0 Å². The van der Waals surface area contributed by atoms with Gasteiger partial charge in [0.05, 0.1) is 5.56 Å². The Morgan fingerprint density at radius 2 is 1.70 bits per heavy atom. The number of halogens is 3. The van der Waals surface area contributed by atoms with Crippen molar-refractivity contribution in [2.75, 3.05) is 5.73 Å². The summed E-state index contributed by atoms with van der Waals surface area (Å²) in [5.41, 5.74) is 6.31. The van der Waals surface area contributed by atoms with E-state index in [-0.39, 0.29) is 12.2 Å². The third-order valence-corrected chi connectivity index (χ3v) is 2.85. The van der Waals surface area contributed by atoms with E-state index in [1.807, 2.05) is 0 Å². The number of anilines is 1. The second-order valence-electron chi connectivity index (χ2n) is 4.42. The van der Waals surface area contributed by atoms with Gasteiger partial charge in [0, 0.05) is 17.7 Å². The van der Waals surface area contributed by atoms with E-state index in [1.165, 1.54) is 12.1 Å². The van der Waals surface area contributed by atoms with E-state index in [2.05, 4.69) is 0 Å². The van der Waals surface area contributed by atoms with Gasteiger partial charge in [0.25, 0.3) is 0 Å². The number of carbonyl (C=O) groups excluding carboxylic acids is 1. The molecule has 2 rings (SSSR count). The molecule has 0 unspecified atom stereocenters. The SMILES string of the molecule is Nc1cccc(C(=O)Cc2ccc(C(F)(F)F)cc2)c1. The predicted molar refractivity (Wildman–Crippen MR) is 70.3 cm³/mol. The molecule has 0 fully saturated rings. The molecule has 5 heteroatoms. The summed E-state index contributed by atoms with van der Waals surface area (Å²) in [6.45, 7) is 0. The predicted octanol–water partition coefficient (Wildman–Crippen LogP) is 3.71. The van der Waals surface area contributed by atoms with Crippen LogP contribution in [0, 0.1) is 0 Å². The second-order valence-corrected chi connectivity index (χ2v) is 4.42. The molecule has 0 aromatic heterocycles. The molecule has 0 aliphatic carbocycles. The van der Waals surface area contributed by atoms with E-state index in [0.717, 1.165) is 12.1 Å². The van der Waals surface area contributed by atoms with Crippen LogP contribution in [-0.4, -0.2) is 5.78 Å². The van der Waals surface area contributed by atoms with Crippen LogP contribution in [0.3, 0.4) is 0 Å². The van der Waals surface area contributed by atoms with Crippen molar-refractivity contribution in [1.82, 2.24) is 0 Å². The van der Waals surface area contributed by atoms with Gasteiger partial charge in [-0.15, -0.1) is 0 Å². The molecular weight excluding hydrogens is 267 g/mol. The highest BCUT2D eigenvalue weighted by molar-refractivity contribution is 5.98. The number of carbonyl (C=O) groups is 1. The number of ketones is 1. The fraction of sp³-hybridized carbons (Fsp3) is 0.133. The van der Waals surface area contributed by atoms with E-state index < -0.39 is 11.7 Å². The number of alkyl halides is 3. The van der Waals surface area contributed by atoms with Crippen LogP contribution in [0.25, 0.3) is 0 Å². The molecule has 0 atom stereocenters. The van der Waals surface area contributed by atoms with Gasteiger partial charge in [-0.2, -0.15) is 13.2 Å². The van der Waals surface area contributed by atoms with Gasteiger partial charge in [-0.1, -0.05) is 24.3 Å². The van der Waals surface area contributed by atoms with Crippen molar-refractivity contribution in [3.8, 4) is 0 Å². The van der Waals surface area contributed by atoms with Gasteiger partial charge < -0.3 is 5.73 Å². The maximum Gasteiger partial charge on any atom is 0.416 e. The first-order valence-corrected chi connectivity index (χ1v) is 5.91. The first-order valence-electron chi connectivity index (χ1n) is 5.91. The molecule has 2 aromatic carbocycles. The van der Waals surface area contributed by atoms with Crippen LogP contribution < -0.4 is 5.73 Å². The summed E-state index contributed by atoms with van der Waals surface area (Å²) in [5, 5.41) is 0. The zero-order valence-corrected chi connectivity index (χ0v) is 10.4. The van der Waals surface area contributed by atoms with Crippen LogP contribution in [0.1, 0.15) is 21.5 Å². The number of hydrogen-bond acceptors (Lipinski definition) is 2. The Labute approximate surface area is 114 Å². The third-order valence-electron chi connectivity index (χ3n) is 2.85. The zero-order chi connectivity index (χ0) is 14.8. The quantitative estimate of drug-likeness (QED) is 0.687. The van der Waals surface area contributed by atoms with Gasteiger partial charge in [0.2, 0.25) is 0 Å². The first-order chi connectivity index (χ1) is 9.36. The molecule has 0 saturated heterocycles. The van der Waals surface area contributed by atoms with Gasteiger partial charge in [0.15, 0.2) is 5.78 Å². The van der Waals surface area contributed by atoms with Crippen LogP contribution in [0.2, 0.25) is 0 Å². The normalized spacial score (nSPS) is 11.3. The van der Waals surface area contributed by atoms with Crippen molar-refractivity contribution in [2.45, 2.75) is 12.6 Å². The topological polar surface area (TPSA) is 43.1 Å². The van der Waals surface area contributed by atoms with Crippen molar-refractivity contribution in [1.29, 1.82) is 0 Å². The van der Waals surface area contributed by atoms with Crippen molar-refractivity contribution in [3.63, 3.8) is 0 Å². The lowest BCUT2D eigenvalue weighted by molar-refractivity contribution is -0.137. The summed E-state index contributed by atoms with van der Waals surface area (Å²) in [7, 11) is 0. The lowest BCUT2D eigenvalue weighted by Gasteiger charge is -2.07. The Balaban J connectivity index is 2.12. The number of benzene rings is 2. The fourth-order valence-electron chi connectivity index (χ4n) is 1.81. The number of nitrogen functional groups attached to an aromatic ring is 1. The van der Waals surface area contributed by atoms with Gasteiger partial charge in [-0.25, -0.2) is 0 Å². The molecule has 20 heavy (non-hydrogen) atoms. The Morgan fingerprint density at radius 1 is 1.05 bits per heavy atom. The van der Waals surface area contributed by atoms with E-state index in [1.54, 1.807) is 24.3 Å². The van der Waals surface area contributed by atoms with Crippen molar-refractivity contribution < 1.29 is 18.0 Å². The number of Topliss-reactive ketones (excluding diaryl/α,β-unsaturated/α-hetero) is 1. The Kier molecular flexibility index (Phi) is 3.79. The molecule has 2 N–H and O–H groups in total. The van der Waals surface area contributed by atoms with Gasteiger partial charge in [-0.05, 0) is 29.8 Å². The number of rotatable bonds is 3. The minimum atomic E-state index is -4.36. The van der Waals surface area contributed by atoms with E-state index >= 15 is 0 Å². The summed E-state index contributed by atoms with van der Waals surface area (Å²) >= 11 is 0.